The SMILES string of the molecule is CC(C)P(CCCCCCCCN)C(C)C. The first-order chi connectivity index (χ1) is 7.59. The largest absolute Gasteiger partial charge is 0.330 e. The van der Waals surface area contributed by atoms with E-state index in [0.717, 1.165) is 17.9 Å². The van der Waals surface area contributed by atoms with E-state index >= 15 is 0 Å². The second kappa shape index (κ2) is 10.5. The van der Waals surface area contributed by atoms with Crippen LogP contribution in [0, 0.1) is 0 Å². The molecule has 0 radical (unpaired) electrons. The minimum absolute atomic E-state index is 0.274. The molecule has 0 heterocycles. The Morgan fingerprint density at radius 1 is 0.750 bits per heavy atom. The van der Waals surface area contributed by atoms with E-state index in [1.165, 1.54) is 44.7 Å². The van der Waals surface area contributed by atoms with E-state index in [1.807, 2.05) is 0 Å². The molecule has 0 bridgehead atoms. The number of hydrogen-bond acceptors (Lipinski definition) is 1. The van der Waals surface area contributed by atoms with Gasteiger partial charge in [0.15, 0.2) is 0 Å². The maximum Gasteiger partial charge on any atom is -0.00773 e. The molecule has 0 spiro atoms. The Morgan fingerprint density at radius 3 is 1.62 bits per heavy atom. The Labute approximate surface area is 104 Å². The van der Waals surface area contributed by atoms with E-state index in [9.17, 15) is 0 Å². The van der Waals surface area contributed by atoms with Gasteiger partial charge in [0.25, 0.3) is 0 Å². The zero-order valence-corrected chi connectivity index (χ0v) is 12.7. The Bertz CT molecular complexity index is 138. The molecule has 0 fully saturated rings. The van der Waals surface area contributed by atoms with Crippen molar-refractivity contribution in [2.24, 2.45) is 5.73 Å². The van der Waals surface area contributed by atoms with E-state index in [4.69, 9.17) is 5.73 Å². The zero-order chi connectivity index (χ0) is 12.4. The van der Waals surface area contributed by atoms with Gasteiger partial charge in [-0.05, 0) is 36.9 Å². The van der Waals surface area contributed by atoms with Crippen LogP contribution >= 0.6 is 7.92 Å². The summed E-state index contributed by atoms with van der Waals surface area (Å²) in [6.45, 7) is 10.5. The average molecular weight is 245 g/mol. The Kier molecular flexibility index (Phi) is 10.8. The lowest BCUT2D eigenvalue weighted by Gasteiger charge is -2.25. The van der Waals surface area contributed by atoms with Gasteiger partial charge in [-0.15, -0.1) is 7.92 Å². The molecule has 16 heavy (non-hydrogen) atoms. The van der Waals surface area contributed by atoms with Crippen molar-refractivity contribution in [3.63, 3.8) is 0 Å². The number of nitrogens with two attached hydrogens (primary N) is 1. The summed E-state index contributed by atoms with van der Waals surface area (Å²) in [4.78, 5) is 0. The maximum atomic E-state index is 5.48. The third kappa shape index (κ3) is 8.53. The minimum atomic E-state index is 0.274. The van der Waals surface area contributed by atoms with Gasteiger partial charge in [-0.2, -0.15) is 0 Å². The van der Waals surface area contributed by atoms with Crippen molar-refractivity contribution < 1.29 is 0 Å². The van der Waals surface area contributed by atoms with E-state index in [2.05, 4.69) is 27.7 Å². The highest BCUT2D eigenvalue weighted by molar-refractivity contribution is 7.59. The predicted molar refractivity (Wildman–Crippen MR) is 78.8 cm³/mol. The van der Waals surface area contributed by atoms with Crippen LogP contribution in [0.3, 0.4) is 0 Å². The van der Waals surface area contributed by atoms with Crippen LogP contribution in [-0.2, 0) is 0 Å². The molecule has 0 aromatic rings. The monoisotopic (exact) mass is 245 g/mol. The normalized spacial score (nSPS) is 12.0. The van der Waals surface area contributed by atoms with Crippen molar-refractivity contribution in [1.82, 2.24) is 0 Å². The van der Waals surface area contributed by atoms with Gasteiger partial charge in [0.1, 0.15) is 0 Å². The topological polar surface area (TPSA) is 26.0 Å². The van der Waals surface area contributed by atoms with Gasteiger partial charge in [0.2, 0.25) is 0 Å². The predicted octanol–water partition coefficient (Wildman–Crippen LogP) is 4.58. The number of hydrogen-bond donors (Lipinski definition) is 1. The van der Waals surface area contributed by atoms with Crippen LogP contribution in [0.15, 0.2) is 0 Å². The van der Waals surface area contributed by atoms with Crippen LogP contribution < -0.4 is 5.73 Å². The molecular weight excluding hydrogens is 213 g/mol. The van der Waals surface area contributed by atoms with Crippen LogP contribution in [0.4, 0.5) is 0 Å². The summed E-state index contributed by atoms with van der Waals surface area (Å²) < 4.78 is 0. The summed E-state index contributed by atoms with van der Waals surface area (Å²) in [5.74, 6) is 0. The van der Waals surface area contributed by atoms with Crippen LogP contribution in [0.2, 0.25) is 0 Å². The van der Waals surface area contributed by atoms with Gasteiger partial charge >= 0.3 is 0 Å². The van der Waals surface area contributed by atoms with Crippen LogP contribution in [0.25, 0.3) is 0 Å². The molecule has 0 aliphatic heterocycles. The van der Waals surface area contributed by atoms with Crippen molar-refractivity contribution in [3.8, 4) is 0 Å². The molecule has 0 aromatic carbocycles. The molecule has 0 aliphatic rings. The number of unbranched alkanes of at least 4 members (excludes halogenated alkanes) is 5. The fourth-order valence-electron chi connectivity index (χ4n) is 2.26. The minimum Gasteiger partial charge on any atom is -0.330 e. The Balaban J connectivity index is 3.41. The van der Waals surface area contributed by atoms with Gasteiger partial charge in [-0.25, -0.2) is 0 Å². The summed E-state index contributed by atoms with van der Waals surface area (Å²) in [6.07, 6.45) is 9.72. The van der Waals surface area contributed by atoms with Gasteiger partial charge in [0.05, 0.1) is 0 Å². The Morgan fingerprint density at radius 2 is 1.19 bits per heavy atom. The molecule has 0 unspecified atom stereocenters. The van der Waals surface area contributed by atoms with Crippen molar-refractivity contribution >= 4 is 7.92 Å². The molecule has 0 saturated carbocycles. The van der Waals surface area contributed by atoms with Gasteiger partial charge < -0.3 is 5.73 Å². The second-order valence-corrected chi connectivity index (χ2v) is 8.88. The first-order valence-corrected chi connectivity index (χ1v) is 8.72. The molecule has 2 N–H and O–H groups in total. The van der Waals surface area contributed by atoms with Crippen molar-refractivity contribution in [1.29, 1.82) is 0 Å². The summed E-state index contributed by atoms with van der Waals surface area (Å²) >= 11 is 0. The van der Waals surface area contributed by atoms with E-state index < -0.39 is 0 Å². The van der Waals surface area contributed by atoms with Crippen molar-refractivity contribution in [2.45, 2.75) is 77.5 Å². The van der Waals surface area contributed by atoms with Crippen LogP contribution in [0.1, 0.15) is 66.2 Å². The molecule has 0 saturated heterocycles. The molecule has 2 heteroatoms. The smallest absolute Gasteiger partial charge is 0.00773 e. The Hall–Kier alpha value is 0.390. The standard InChI is InChI=1S/C14H32NP/c1-13(2)16(14(3)4)12-10-8-6-5-7-9-11-15/h13-14H,5-12,15H2,1-4H3. The highest BCUT2D eigenvalue weighted by atomic mass is 31.1. The van der Waals surface area contributed by atoms with Crippen LogP contribution in [0.5, 0.6) is 0 Å². The molecule has 0 atom stereocenters. The zero-order valence-electron chi connectivity index (χ0n) is 11.8. The lowest BCUT2D eigenvalue weighted by atomic mass is 10.1. The quantitative estimate of drug-likeness (QED) is 0.442. The lowest BCUT2D eigenvalue weighted by Crippen LogP contribution is -2.06. The molecular formula is C14H32NP. The third-order valence-electron chi connectivity index (χ3n) is 3.20. The highest BCUT2D eigenvalue weighted by Crippen LogP contribution is 2.46. The summed E-state index contributed by atoms with van der Waals surface area (Å²) in [7, 11) is 0.274. The van der Waals surface area contributed by atoms with E-state index in [0.29, 0.717) is 0 Å². The molecule has 98 valence electrons. The molecule has 1 nitrogen and oxygen atoms in total. The molecule has 0 amide bonds. The fraction of sp³-hybridized carbons (Fsp3) is 1.00. The van der Waals surface area contributed by atoms with Gasteiger partial charge in [-0.3, -0.25) is 0 Å². The first-order valence-electron chi connectivity index (χ1n) is 7.05. The molecule has 0 rings (SSSR count). The van der Waals surface area contributed by atoms with Gasteiger partial charge in [-0.1, -0.05) is 53.4 Å². The average Bonchev–Trinajstić information content (AvgIpc) is 2.21. The molecule has 0 aromatic heterocycles. The van der Waals surface area contributed by atoms with E-state index in [-0.39, 0.29) is 7.92 Å². The second-order valence-electron chi connectivity index (χ2n) is 5.34. The van der Waals surface area contributed by atoms with Gasteiger partial charge in [0, 0.05) is 0 Å². The highest BCUT2D eigenvalue weighted by Gasteiger charge is 2.15. The van der Waals surface area contributed by atoms with Crippen molar-refractivity contribution in [2.75, 3.05) is 12.7 Å². The molecule has 0 aliphatic carbocycles. The summed E-state index contributed by atoms with van der Waals surface area (Å²) in [5.41, 5.74) is 7.30. The van der Waals surface area contributed by atoms with Crippen LogP contribution in [-0.4, -0.2) is 24.0 Å². The fourth-order valence-corrected chi connectivity index (χ4v) is 5.07. The van der Waals surface area contributed by atoms with Crippen molar-refractivity contribution in [3.05, 3.63) is 0 Å². The summed E-state index contributed by atoms with van der Waals surface area (Å²) in [5, 5.41) is 0. The number of rotatable bonds is 10. The lowest BCUT2D eigenvalue weighted by molar-refractivity contribution is 0.612. The third-order valence-corrected chi connectivity index (χ3v) is 6.68. The first kappa shape index (κ1) is 16.4. The summed E-state index contributed by atoms with van der Waals surface area (Å²) in [6, 6.07) is 0. The van der Waals surface area contributed by atoms with E-state index in [1.54, 1.807) is 0 Å². The maximum absolute atomic E-state index is 5.48.